The predicted octanol–water partition coefficient (Wildman–Crippen LogP) is -0.133. The van der Waals surface area contributed by atoms with Gasteiger partial charge in [0.1, 0.15) is 0 Å². The van der Waals surface area contributed by atoms with E-state index >= 15 is 0 Å². The molecule has 1 amide bonds. The van der Waals surface area contributed by atoms with E-state index in [4.69, 9.17) is 4.74 Å². The van der Waals surface area contributed by atoms with Crippen LogP contribution in [0.5, 0.6) is 0 Å². The van der Waals surface area contributed by atoms with Gasteiger partial charge in [-0.2, -0.15) is 14.9 Å². The number of hydroxylamine groups is 1. The largest absolute Gasteiger partial charge is 0.383 e. The third-order valence-corrected chi connectivity index (χ3v) is 5.99. The van der Waals surface area contributed by atoms with Gasteiger partial charge in [-0.15, -0.1) is 0 Å². The molecule has 138 valence electrons. The SMILES string of the molecule is COCCN(C)S(=O)(=O)c1ccc(C2=NN(C)C(=O)C2(C)NO)cc1. The van der Waals surface area contributed by atoms with E-state index < -0.39 is 21.5 Å². The molecule has 0 saturated carbocycles. The molecule has 10 heteroatoms. The number of nitrogens with one attached hydrogen (secondary N) is 1. The van der Waals surface area contributed by atoms with Gasteiger partial charge in [0.05, 0.1) is 17.2 Å². The maximum Gasteiger partial charge on any atom is 0.270 e. The van der Waals surface area contributed by atoms with E-state index in [-0.39, 0.29) is 11.4 Å². The zero-order valence-corrected chi connectivity index (χ0v) is 15.4. The number of benzene rings is 1. The minimum Gasteiger partial charge on any atom is -0.383 e. The van der Waals surface area contributed by atoms with Crippen molar-refractivity contribution in [2.24, 2.45) is 5.10 Å². The molecule has 1 unspecified atom stereocenters. The summed E-state index contributed by atoms with van der Waals surface area (Å²) in [6.45, 7) is 2.03. The Morgan fingerprint density at radius 1 is 1.36 bits per heavy atom. The van der Waals surface area contributed by atoms with Crippen LogP contribution in [0.4, 0.5) is 0 Å². The van der Waals surface area contributed by atoms with Crippen LogP contribution in [0.2, 0.25) is 0 Å². The lowest BCUT2D eigenvalue weighted by Gasteiger charge is -2.22. The lowest BCUT2D eigenvalue weighted by Crippen LogP contribution is -2.53. The first-order valence-corrected chi connectivity index (χ1v) is 8.96. The van der Waals surface area contributed by atoms with Gasteiger partial charge in [-0.1, -0.05) is 12.1 Å². The molecule has 1 aliphatic rings. The van der Waals surface area contributed by atoms with Crippen molar-refractivity contribution >= 4 is 21.6 Å². The summed E-state index contributed by atoms with van der Waals surface area (Å²) in [4.78, 5) is 12.2. The molecule has 25 heavy (non-hydrogen) atoms. The highest BCUT2D eigenvalue weighted by molar-refractivity contribution is 7.89. The fraction of sp³-hybridized carbons (Fsp3) is 0.467. The number of carbonyl (C=O) groups is 1. The Morgan fingerprint density at radius 2 is 1.96 bits per heavy atom. The van der Waals surface area contributed by atoms with E-state index in [1.54, 1.807) is 12.1 Å². The molecule has 1 atom stereocenters. The highest BCUT2D eigenvalue weighted by Crippen LogP contribution is 2.25. The van der Waals surface area contributed by atoms with Crippen molar-refractivity contribution in [2.75, 3.05) is 34.4 Å². The van der Waals surface area contributed by atoms with Gasteiger partial charge < -0.3 is 9.94 Å². The van der Waals surface area contributed by atoms with E-state index in [9.17, 15) is 18.4 Å². The van der Waals surface area contributed by atoms with Crippen LogP contribution in [-0.4, -0.2) is 74.5 Å². The molecule has 1 aliphatic heterocycles. The number of sulfonamides is 1. The summed E-state index contributed by atoms with van der Waals surface area (Å²) in [5.41, 5.74) is 1.44. The smallest absolute Gasteiger partial charge is 0.270 e. The van der Waals surface area contributed by atoms with Crippen molar-refractivity contribution in [1.29, 1.82) is 0 Å². The van der Waals surface area contributed by atoms with Gasteiger partial charge in [-0.3, -0.25) is 4.79 Å². The Kier molecular flexibility index (Phi) is 5.59. The first-order chi connectivity index (χ1) is 11.7. The molecular formula is C15H22N4O5S. The molecule has 0 aromatic heterocycles. The molecule has 2 rings (SSSR count). The van der Waals surface area contributed by atoms with Crippen LogP contribution >= 0.6 is 0 Å². The van der Waals surface area contributed by atoms with E-state index in [0.29, 0.717) is 17.9 Å². The second-order valence-corrected chi connectivity index (χ2v) is 7.90. The van der Waals surface area contributed by atoms with Gasteiger partial charge in [-0.05, 0) is 19.1 Å². The third kappa shape index (κ3) is 3.44. The van der Waals surface area contributed by atoms with Crippen LogP contribution in [0.15, 0.2) is 34.3 Å². The van der Waals surface area contributed by atoms with Crippen molar-refractivity contribution < 1.29 is 23.2 Å². The molecular weight excluding hydrogens is 348 g/mol. The molecule has 9 nitrogen and oxygen atoms in total. The normalized spacial score (nSPS) is 21.1. The standard InChI is InChI=1S/C15H22N4O5S/c1-15(17-21)13(16-19(3)14(15)20)11-5-7-12(8-6-11)25(22,23)18(2)9-10-24-4/h5-8,17,21H,9-10H2,1-4H3. The maximum absolute atomic E-state index is 12.5. The molecule has 0 aliphatic carbocycles. The molecule has 1 heterocycles. The molecule has 1 aromatic carbocycles. The quantitative estimate of drug-likeness (QED) is 0.647. The van der Waals surface area contributed by atoms with E-state index in [2.05, 4.69) is 5.10 Å². The number of nitrogens with zero attached hydrogens (tertiary/aromatic N) is 3. The summed E-state index contributed by atoms with van der Waals surface area (Å²) in [6.07, 6.45) is 0. The zero-order chi connectivity index (χ0) is 18.8. The fourth-order valence-corrected chi connectivity index (χ4v) is 3.63. The van der Waals surface area contributed by atoms with Crippen molar-refractivity contribution in [2.45, 2.75) is 17.4 Å². The maximum atomic E-state index is 12.5. The number of likely N-dealkylation sites (N-methyl/N-ethyl adjacent to an activating group) is 2. The van der Waals surface area contributed by atoms with Crippen LogP contribution in [0, 0.1) is 0 Å². The molecule has 0 bridgehead atoms. The number of hydrogen-bond acceptors (Lipinski definition) is 7. The predicted molar refractivity (Wildman–Crippen MR) is 90.8 cm³/mol. The molecule has 2 N–H and O–H groups in total. The van der Waals surface area contributed by atoms with Gasteiger partial charge in [-0.25, -0.2) is 13.4 Å². The number of amides is 1. The monoisotopic (exact) mass is 370 g/mol. The first kappa shape index (κ1) is 19.5. The van der Waals surface area contributed by atoms with Crippen LogP contribution in [0.25, 0.3) is 0 Å². The number of carbonyl (C=O) groups excluding carboxylic acids is 1. The Balaban J connectivity index is 2.32. The lowest BCUT2D eigenvalue weighted by atomic mass is 9.91. The Labute approximate surface area is 146 Å². The van der Waals surface area contributed by atoms with Crippen LogP contribution < -0.4 is 5.48 Å². The molecule has 0 fully saturated rings. The summed E-state index contributed by atoms with van der Waals surface area (Å²) in [5, 5.41) is 14.7. The summed E-state index contributed by atoms with van der Waals surface area (Å²) < 4.78 is 31.1. The van der Waals surface area contributed by atoms with Crippen molar-refractivity contribution in [1.82, 2.24) is 14.8 Å². The summed E-state index contributed by atoms with van der Waals surface area (Å²) >= 11 is 0. The average molecular weight is 370 g/mol. The van der Waals surface area contributed by atoms with Gasteiger partial charge in [0, 0.05) is 33.3 Å². The number of ether oxygens (including phenoxy) is 1. The lowest BCUT2D eigenvalue weighted by molar-refractivity contribution is -0.134. The summed E-state index contributed by atoms with van der Waals surface area (Å²) in [7, 11) is 0.822. The first-order valence-electron chi connectivity index (χ1n) is 7.52. The summed E-state index contributed by atoms with van der Waals surface area (Å²) in [5.74, 6) is -0.416. The summed E-state index contributed by atoms with van der Waals surface area (Å²) in [6, 6.07) is 5.99. The van der Waals surface area contributed by atoms with Crippen molar-refractivity contribution in [3.8, 4) is 0 Å². The molecule has 1 aromatic rings. The van der Waals surface area contributed by atoms with E-state index in [1.807, 2.05) is 5.48 Å². The number of hydrogen-bond donors (Lipinski definition) is 2. The molecule has 0 radical (unpaired) electrons. The number of rotatable bonds is 7. The van der Waals surface area contributed by atoms with E-state index in [1.165, 1.54) is 44.6 Å². The second-order valence-electron chi connectivity index (χ2n) is 5.86. The van der Waals surface area contributed by atoms with E-state index in [0.717, 1.165) is 5.01 Å². The molecule has 0 saturated heterocycles. The van der Waals surface area contributed by atoms with Gasteiger partial charge in [0.2, 0.25) is 10.0 Å². The Hall–Kier alpha value is -1.85. The number of hydrazone groups is 1. The van der Waals surface area contributed by atoms with Crippen LogP contribution in [0.1, 0.15) is 12.5 Å². The van der Waals surface area contributed by atoms with Gasteiger partial charge in [0.15, 0.2) is 5.54 Å². The minimum absolute atomic E-state index is 0.117. The van der Waals surface area contributed by atoms with Crippen LogP contribution in [-0.2, 0) is 19.6 Å². The second kappa shape index (κ2) is 7.18. The third-order valence-electron chi connectivity index (χ3n) is 4.12. The van der Waals surface area contributed by atoms with Crippen molar-refractivity contribution in [3.63, 3.8) is 0 Å². The van der Waals surface area contributed by atoms with Gasteiger partial charge >= 0.3 is 0 Å². The zero-order valence-electron chi connectivity index (χ0n) is 14.6. The number of methoxy groups -OCH3 is 1. The Bertz CT molecular complexity index is 778. The van der Waals surface area contributed by atoms with Crippen molar-refractivity contribution in [3.05, 3.63) is 29.8 Å². The topological polar surface area (TPSA) is 112 Å². The average Bonchev–Trinajstić information content (AvgIpc) is 2.84. The fourth-order valence-electron chi connectivity index (χ4n) is 2.47. The van der Waals surface area contributed by atoms with Crippen LogP contribution in [0.3, 0.4) is 0 Å². The Morgan fingerprint density at radius 3 is 2.48 bits per heavy atom. The molecule has 0 spiro atoms. The van der Waals surface area contributed by atoms with Gasteiger partial charge in [0.25, 0.3) is 5.91 Å². The highest BCUT2D eigenvalue weighted by atomic mass is 32.2. The minimum atomic E-state index is -3.64. The highest BCUT2D eigenvalue weighted by Gasteiger charge is 2.46.